The van der Waals surface area contributed by atoms with E-state index in [9.17, 15) is 4.79 Å². The summed E-state index contributed by atoms with van der Waals surface area (Å²) in [6, 6.07) is 7.21. The third-order valence-electron chi connectivity index (χ3n) is 3.63. The van der Waals surface area contributed by atoms with Gasteiger partial charge in [-0.2, -0.15) is 0 Å². The minimum absolute atomic E-state index is 0.220. The number of fused-ring (bicyclic) bond motifs is 1. The fraction of sp³-hybridized carbons (Fsp3) is 0.353. The zero-order valence-corrected chi connectivity index (χ0v) is 14.5. The average molecular weight is 345 g/mol. The first kappa shape index (κ1) is 16.4. The van der Waals surface area contributed by atoms with E-state index in [4.69, 9.17) is 9.15 Å². The number of amides is 1. The molecule has 0 fully saturated rings. The number of unbranched alkanes of at least 4 members (excludes halogenated alkanes) is 2. The van der Waals surface area contributed by atoms with E-state index in [1.165, 1.54) is 17.8 Å². The van der Waals surface area contributed by atoms with E-state index in [1.807, 2.05) is 12.1 Å². The summed E-state index contributed by atoms with van der Waals surface area (Å²) in [4.78, 5) is 12.3. The smallest absolute Gasteiger partial charge is 0.293 e. The van der Waals surface area contributed by atoms with Gasteiger partial charge in [0.25, 0.3) is 5.91 Å². The van der Waals surface area contributed by atoms with Crippen molar-refractivity contribution in [3.8, 4) is 5.75 Å². The largest absolute Gasteiger partial charge is 0.493 e. The summed E-state index contributed by atoms with van der Waals surface area (Å²) < 4.78 is 10.9. The third kappa shape index (κ3) is 3.56. The molecule has 0 unspecified atom stereocenters. The molecular weight excluding hydrogens is 326 g/mol. The fourth-order valence-corrected chi connectivity index (χ4v) is 3.18. The van der Waals surface area contributed by atoms with Crippen molar-refractivity contribution in [2.24, 2.45) is 0 Å². The number of carbonyl (C=O) groups excluding carboxylic acids is 1. The Kier molecular flexibility index (Phi) is 5.10. The van der Waals surface area contributed by atoms with Crippen LogP contribution >= 0.6 is 11.3 Å². The summed E-state index contributed by atoms with van der Waals surface area (Å²) in [5.41, 5.74) is 0.558. The van der Waals surface area contributed by atoms with Gasteiger partial charge in [-0.15, -0.1) is 10.2 Å². The van der Waals surface area contributed by atoms with Crippen LogP contribution in [-0.4, -0.2) is 23.2 Å². The lowest BCUT2D eigenvalue weighted by molar-refractivity contribution is 0.0998. The first-order valence-electron chi connectivity index (χ1n) is 7.91. The maximum absolute atomic E-state index is 12.3. The van der Waals surface area contributed by atoms with Crippen LogP contribution in [0.2, 0.25) is 0 Å². The number of nitrogens with zero attached hydrogens (tertiary/aromatic N) is 2. The van der Waals surface area contributed by atoms with Crippen molar-refractivity contribution in [3.05, 3.63) is 35.0 Å². The molecule has 24 heavy (non-hydrogen) atoms. The third-order valence-corrected chi connectivity index (χ3v) is 4.53. The van der Waals surface area contributed by atoms with Crippen molar-refractivity contribution in [1.82, 2.24) is 10.2 Å². The van der Waals surface area contributed by atoms with E-state index in [0.717, 1.165) is 29.7 Å². The Balaban J connectivity index is 1.71. The molecule has 0 saturated carbocycles. The normalized spacial score (nSPS) is 10.9. The van der Waals surface area contributed by atoms with Crippen molar-refractivity contribution < 1.29 is 13.9 Å². The maximum atomic E-state index is 12.3. The number of rotatable bonds is 7. The fourth-order valence-electron chi connectivity index (χ4n) is 2.40. The second-order valence-corrected chi connectivity index (χ2v) is 6.46. The summed E-state index contributed by atoms with van der Waals surface area (Å²) in [6.07, 6.45) is 4.31. The van der Waals surface area contributed by atoms with Gasteiger partial charge in [0, 0.05) is 11.8 Å². The molecule has 0 aliphatic rings. The Morgan fingerprint density at radius 1 is 1.33 bits per heavy atom. The van der Waals surface area contributed by atoms with Crippen LogP contribution in [0.1, 0.15) is 41.7 Å². The Morgan fingerprint density at radius 3 is 3.00 bits per heavy atom. The van der Waals surface area contributed by atoms with Gasteiger partial charge >= 0.3 is 0 Å². The minimum atomic E-state index is -0.343. The lowest BCUT2D eigenvalue weighted by Crippen LogP contribution is -2.10. The molecule has 0 bridgehead atoms. The molecule has 1 aromatic carbocycles. The van der Waals surface area contributed by atoms with Crippen LogP contribution in [0.5, 0.6) is 5.75 Å². The predicted octanol–water partition coefficient (Wildman–Crippen LogP) is 4.28. The SMILES string of the molecule is CCCCCc1nnc(NC(=O)c2cc3cccc(OC)c3o2)s1. The second-order valence-electron chi connectivity index (χ2n) is 5.40. The number of hydrogen-bond acceptors (Lipinski definition) is 6. The quantitative estimate of drug-likeness (QED) is 0.647. The molecule has 2 aromatic heterocycles. The highest BCUT2D eigenvalue weighted by Crippen LogP contribution is 2.29. The Morgan fingerprint density at radius 2 is 2.21 bits per heavy atom. The summed E-state index contributed by atoms with van der Waals surface area (Å²) in [5, 5.41) is 13.1. The van der Waals surface area contributed by atoms with E-state index in [0.29, 0.717) is 16.5 Å². The highest BCUT2D eigenvalue weighted by Gasteiger charge is 2.16. The summed E-state index contributed by atoms with van der Waals surface area (Å²) >= 11 is 1.40. The predicted molar refractivity (Wildman–Crippen MR) is 93.9 cm³/mol. The zero-order valence-electron chi connectivity index (χ0n) is 13.7. The van der Waals surface area contributed by atoms with E-state index in [1.54, 1.807) is 19.2 Å². The molecule has 0 atom stereocenters. The summed E-state index contributed by atoms with van der Waals surface area (Å²) in [7, 11) is 1.57. The number of anilines is 1. The number of aryl methyl sites for hydroxylation is 1. The van der Waals surface area contributed by atoms with Crippen LogP contribution in [0, 0.1) is 0 Å². The van der Waals surface area contributed by atoms with E-state index in [-0.39, 0.29) is 11.7 Å². The first-order valence-corrected chi connectivity index (χ1v) is 8.73. The van der Waals surface area contributed by atoms with Crippen LogP contribution in [0.25, 0.3) is 11.0 Å². The molecular formula is C17H19N3O3S. The number of furan rings is 1. The number of carbonyl (C=O) groups is 1. The zero-order chi connectivity index (χ0) is 16.9. The number of aromatic nitrogens is 2. The first-order chi connectivity index (χ1) is 11.7. The van der Waals surface area contributed by atoms with Crippen molar-refractivity contribution in [1.29, 1.82) is 0 Å². The number of benzene rings is 1. The highest BCUT2D eigenvalue weighted by molar-refractivity contribution is 7.15. The summed E-state index contributed by atoms with van der Waals surface area (Å²) in [6.45, 7) is 2.16. The molecule has 7 heteroatoms. The van der Waals surface area contributed by atoms with Gasteiger partial charge in [-0.25, -0.2) is 0 Å². The second kappa shape index (κ2) is 7.44. The average Bonchev–Trinajstić information content (AvgIpc) is 3.21. The van der Waals surface area contributed by atoms with Crippen LogP contribution in [0.15, 0.2) is 28.7 Å². The standard InChI is InChI=1S/C17H19N3O3S/c1-3-4-5-9-14-19-20-17(24-14)18-16(21)13-10-11-7-6-8-12(22-2)15(11)23-13/h6-8,10H,3-5,9H2,1-2H3,(H,18,20,21). The number of para-hydroxylation sites is 1. The Bertz CT molecular complexity index is 841. The summed E-state index contributed by atoms with van der Waals surface area (Å²) in [5.74, 6) is 0.474. The molecule has 3 rings (SSSR count). The van der Waals surface area contributed by atoms with Crippen molar-refractivity contribution in [2.45, 2.75) is 32.6 Å². The van der Waals surface area contributed by atoms with Crippen LogP contribution in [0.4, 0.5) is 5.13 Å². The van der Waals surface area contributed by atoms with Crippen LogP contribution in [0.3, 0.4) is 0 Å². The van der Waals surface area contributed by atoms with Crippen molar-refractivity contribution >= 4 is 33.3 Å². The molecule has 3 aromatic rings. The van der Waals surface area contributed by atoms with Crippen LogP contribution in [-0.2, 0) is 6.42 Å². The minimum Gasteiger partial charge on any atom is -0.493 e. The lowest BCUT2D eigenvalue weighted by atomic mass is 10.2. The van der Waals surface area contributed by atoms with Gasteiger partial charge < -0.3 is 9.15 Å². The molecule has 126 valence electrons. The highest BCUT2D eigenvalue weighted by atomic mass is 32.1. The van der Waals surface area contributed by atoms with Gasteiger partial charge in [-0.3, -0.25) is 10.1 Å². The van der Waals surface area contributed by atoms with Gasteiger partial charge in [0.2, 0.25) is 5.13 Å². The van der Waals surface area contributed by atoms with Gasteiger partial charge in [0.1, 0.15) is 5.01 Å². The molecule has 0 spiro atoms. The Labute approximate surface area is 143 Å². The van der Waals surface area contributed by atoms with Gasteiger partial charge in [-0.1, -0.05) is 43.2 Å². The van der Waals surface area contributed by atoms with E-state index >= 15 is 0 Å². The van der Waals surface area contributed by atoms with Gasteiger partial charge in [0.05, 0.1) is 7.11 Å². The molecule has 6 nitrogen and oxygen atoms in total. The number of ether oxygens (including phenoxy) is 1. The van der Waals surface area contributed by atoms with Crippen molar-refractivity contribution in [2.75, 3.05) is 12.4 Å². The van der Waals surface area contributed by atoms with E-state index in [2.05, 4.69) is 22.4 Å². The van der Waals surface area contributed by atoms with E-state index < -0.39 is 0 Å². The molecule has 0 aliphatic heterocycles. The maximum Gasteiger partial charge on any atom is 0.293 e. The number of nitrogens with one attached hydrogen (secondary N) is 1. The van der Waals surface area contributed by atoms with Gasteiger partial charge in [-0.05, 0) is 18.6 Å². The number of hydrogen-bond donors (Lipinski definition) is 1. The monoisotopic (exact) mass is 345 g/mol. The topological polar surface area (TPSA) is 77.2 Å². The Hall–Kier alpha value is -2.41. The molecule has 0 radical (unpaired) electrons. The van der Waals surface area contributed by atoms with Gasteiger partial charge in [0.15, 0.2) is 17.1 Å². The molecule has 0 saturated heterocycles. The molecule has 1 amide bonds. The molecule has 1 N–H and O–H groups in total. The van der Waals surface area contributed by atoms with Crippen LogP contribution < -0.4 is 10.1 Å². The lowest BCUT2D eigenvalue weighted by Gasteiger charge is -1.99. The van der Waals surface area contributed by atoms with Crippen molar-refractivity contribution in [3.63, 3.8) is 0 Å². The molecule has 0 aliphatic carbocycles. The number of methoxy groups -OCH3 is 1. The molecule has 2 heterocycles.